The minimum atomic E-state index is 0.478. The Hall–Kier alpha value is -0.410. The topological polar surface area (TPSA) is 32.3 Å². The fourth-order valence-electron chi connectivity index (χ4n) is 1.96. The van der Waals surface area contributed by atoms with Crippen molar-refractivity contribution in [2.45, 2.75) is 25.7 Å². The summed E-state index contributed by atoms with van der Waals surface area (Å²) in [6.45, 7) is 5.36. The van der Waals surface area contributed by atoms with Crippen LogP contribution in [0.15, 0.2) is 0 Å². The third-order valence-corrected chi connectivity index (χ3v) is 3.13. The summed E-state index contributed by atoms with van der Waals surface area (Å²) in [5.41, 5.74) is 0. The molecule has 0 aromatic heterocycles. The first kappa shape index (κ1) is 10.1. The summed E-state index contributed by atoms with van der Waals surface area (Å²) in [5.74, 6) is 1.23. The number of carbonyl (C=O) groups is 1. The monoisotopic (exact) mass is 196 g/mol. The first-order valence-corrected chi connectivity index (χ1v) is 5.79. The maximum atomic E-state index is 11.5. The molecule has 3 nitrogen and oxygen atoms in total. The third-order valence-electron chi connectivity index (χ3n) is 3.13. The number of carbonyl (C=O) groups excluding carboxylic acids is 1. The average Bonchev–Trinajstić information content (AvgIpc) is 3.00. The first-order chi connectivity index (χ1) is 6.84. The molecule has 0 amide bonds. The predicted molar refractivity (Wildman–Crippen MR) is 56.3 cm³/mol. The largest absolute Gasteiger partial charge is 0.314 e. The summed E-state index contributed by atoms with van der Waals surface area (Å²) < 4.78 is 0. The lowest BCUT2D eigenvalue weighted by molar-refractivity contribution is -0.119. The molecule has 1 aliphatic carbocycles. The zero-order valence-electron chi connectivity index (χ0n) is 8.80. The van der Waals surface area contributed by atoms with Crippen LogP contribution < -0.4 is 5.32 Å². The van der Waals surface area contributed by atoms with Crippen LogP contribution in [0.25, 0.3) is 0 Å². The van der Waals surface area contributed by atoms with Gasteiger partial charge in [0.05, 0.1) is 0 Å². The molecular formula is C11H20N2O. The molecule has 80 valence electrons. The number of ketones is 1. The van der Waals surface area contributed by atoms with E-state index in [1.807, 2.05) is 0 Å². The highest BCUT2D eigenvalue weighted by atomic mass is 16.1. The third kappa shape index (κ3) is 3.39. The molecule has 0 aromatic carbocycles. The van der Waals surface area contributed by atoms with E-state index >= 15 is 0 Å². The number of nitrogens with one attached hydrogen (secondary N) is 1. The molecule has 14 heavy (non-hydrogen) atoms. The number of Topliss-reactive ketones (excluding diaryl/α,β-unsaturated/α-hetero) is 1. The zero-order valence-corrected chi connectivity index (χ0v) is 8.80. The van der Waals surface area contributed by atoms with Crippen molar-refractivity contribution >= 4 is 5.78 Å². The fraction of sp³-hybridized carbons (Fsp3) is 0.909. The lowest BCUT2D eigenvalue weighted by Crippen LogP contribution is -2.44. The van der Waals surface area contributed by atoms with Gasteiger partial charge in [-0.15, -0.1) is 0 Å². The number of hydrogen-bond acceptors (Lipinski definition) is 3. The summed E-state index contributed by atoms with van der Waals surface area (Å²) in [4.78, 5) is 13.9. The van der Waals surface area contributed by atoms with Gasteiger partial charge in [0, 0.05) is 45.6 Å². The number of rotatable bonds is 5. The van der Waals surface area contributed by atoms with Crippen molar-refractivity contribution in [2.75, 3.05) is 32.7 Å². The summed E-state index contributed by atoms with van der Waals surface area (Å²) >= 11 is 0. The lowest BCUT2D eigenvalue weighted by Gasteiger charge is -2.26. The van der Waals surface area contributed by atoms with Crippen LogP contribution in [0.4, 0.5) is 0 Å². The molecule has 0 bridgehead atoms. The van der Waals surface area contributed by atoms with Crippen molar-refractivity contribution in [3.05, 3.63) is 0 Å². The number of hydrogen-bond donors (Lipinski definition) is 1. The smallest absolute Gasteiger partial charge is 0.134 e. The highest BCUT2D eigenvalue weighted by Crippen LogP contribution is 2.32. The Morgan fingerprint density at radius 2 is 2.00 bits per heavy atom. The van der Waals surface area contributed by atoms with E-state index in [1.165, 1.54) is 12.8 Å². The van der Waals surface area contributed by atoms with Crippen LogP contribution in [0.5, 0.6) is 0 Å². The first-order valence-electron chi connectivity index (χ1n) is 5.79. The average molecular weight is 196 g/mol. The van der Waals surface area contributed by atoms with Crippen molar-refractivity contribution in [3.63, 3.8) is 0 Å². The van der Waals surface area contributed by atoms with Crippen LogP contribution in [0.3, 0.4) is 0 Å². The SMILES string of the molecule is O=C(CCN1CCNCC1)CC1CC1. The Bertz CT molecular complexity index is 195. The van der Waals surface area contributed by atoms with Gasteiger partial charge in [-0.1, -0.05) is 0 Å². The Morgan fingerprint density at radius 1 is 1.29 bits per heavy atom. The van der Waals surface area contributed by atoms with Crippen LogP contribution in [0.2, 0.25) is 0 Å². The Morgan fingerprint density at radius 3 is 2.64 bits per heavy atom. The van der Waals surface area contributed by atoms with E-state index in [2.05, 4.69) is 10.2 Å². The van der Waals surface area contributed by atoms with Gasteiger partial charge in [-0.2, -0.15) is 0 Å². The van der Waals surface area contributed by atoms with E-state index in [0.29, 0.717) is 5.78 Å². The maximum absolute atomic E-state index is 11.5. The van der Waals surface area contributed by atoms with Gasteiger partial charge in [0.25, 0.3) is 0 Å². The van der Waals surface area contributed by atoms with Gasteiger partial charge in [0.15, 0.2) is 0 Å². The Labute approximate surface area is 85.8 Å². The van der Waals surface area contributed by atoms with Gasteiger partial charge in [0.1, 0.15) is 5.78 Å². The van der Waals surface area contributed by atoms with E-state index < -0.39 is 0 Å². The molecule has 1 saturated heterocycles. The Kier molecular flexibility index (Phi) is 3.54. The molecule has 2 fully saturated rings. The highest BCUT2D eigenvalue weighted by molar-refractivity contribution is 5.79. The molecule has 1 heterocycles. The summed E-state index contributed by atoms with van der Waals surface area (Å²) in [7, 11) is 0. The summed E-state index contributed by atoms with van der Waals surface area (Å²) in [5, 5.41) is 3.32. The molecular weight excluding hydrogens is 176 g/mol. The number of piperazine rings is 1. The second kappa shape index (κ2) is 4.89. The second-order valence-corrected chi connectivity index (χ2v) is 4.53. The minimum Gasteiger partial charge on any atom is -0.314 e. The van der Waals surface area contributed by atoms with Crippen molar-refractivity contribution in [1.29, 1.82) is 0 Å². The van der Waals surface area contributed by atoms with Crippen LogP contribution in [0.1, 0.15) is 25.7 Å². The maximum Gasteiger partial charge on any atom is 0.134 e. The van der Waals surface area contributed by atoms with Crippen molar-refractivity contribution in [1.82, 2.24) is 10.2 Å². The zero-order chi connectivity index (χ0) is 9.80. The van der Waals surface area contributed by atoms with E-state index in [-0.39, 0.29) is 0 Å². The molecule has 0 unspecified atom stereocenters. The van der Waals surface area contributed by atoms with Gasteiger partial charge < -0.3 is 10.2 Å². The van der Waals surface area contributed by atoms with Crippen LogP contribution in [-0.4, -0.2) is 43.4 Å². The lowest BCUT2D eigenvalue weighted by atomic mass is 10.1. The molecule has 0 atom stereocenters. The molecule has 1 aliphatic heterocycles. The number of nitrogens with zero attached hydrogens (tertiary/aromatic N) is 1. The van der Waals surface area contributed by atoms with Crippen LogP contribution >= 0.6 is 0 Å². The normalized spacial score (nSPS) is 23.7. The predicted octanol–water partition coefficient (Wildman–Crippen LogP) is 0.651. The molecule has 0 radical (unpaired) electrons. The molecule has 1 saturated carbocycles. The van der Waals surface area contributed by atoms with E-state index in [1.54, 1.807) is 0 Å². The molecule has 1 N–H and O–H groups in total. The fourth-order valence-corrected chi connectivity index (χ4v) is 1.96. The van der Waals surface area contributed by atoms with Gasteiger partial charge in [0.2, 0.25) is 0 Å². The van der Waals surface area contributed by atoms with E-state index in [4.69, 9.17) is 0 Å². The van der Waals surface area contributed by atoms with Crippen molar-refractivity contribution < 1.29 is 4.79 Å². The van der Waals surface area contributed by atoms with Crippen LogP contribution in [0, 0.1) is 5.92 Å². The molecule has 3 heteroatoms. The van der Waals surface area contributed by atoms with Crippen molar-refractivity contribution in [3.8, 4) is 0 Å². The quantitative estimate of drug-likeness (QED) is 0.701. The van der Waals surface area contributed by atoms with Gasteiger partial charge >= 0.3 is 0 Å². The Balaban J connectivity index is 1.57. The summed E-state index contributed by atoms with van der Waals surface area (Å²) in [6, 6.07) is 0. The van der Waals surface area contributed by atoms with E-state index in [9.17, 15) is 4.79 Å². The van der Waals surface area contributed by atoms with Crippen LogP contribution in [-0.2, 0) is 4.79 Å². The van der Waals surface area contributed by atoms with Gasteiger partial charge in [-0.3, -0.25) is 4.79 Å². The van der Waals surface area contributed by atoms with Crippen molar-refractivity contribution in [2.24, 2.45) is 5.92 Å². The molecule has 2 rings (SSSR count). The second-order valence-electron chi connectivity index (χ2n) is 4.53. The summed E-state index contributed by atoms with van der Waals surface area (Å²) in [6.07, 6.45) is 4.21. The highest BCUT2D eigenvalue weighted by Gasteiger charge is 2.24. The molecule has 2 aliphatic rings. The van der Waals surface area contributed by atoms with Gasteiger partial charge in [-0.05, 0) is 18.8 Å². The molecule has 0 aromatic rings. The van der Waals surface area contributed by atoms with E-state index in [0.717, 1.165) is 51.5 Å². The minimum absolute atomic E-state index is 0.478. The molecule has 0 spiro atoms. The standard InChI is InChI=1S/C11H20N2O/c14-11(9-10-1-2-10)3-6-13-7-4-12-5-8-13/h10,12H,1-9H2. The van der Waals surface area contributed by atoms with Gasteiger partial charge in [-0.25, -0.2) is 0 Å².